The molecule has 1 radical (unpaired) electrons. The lowest BCUT2D eigenvalue weighted by Gasteiger charge is -2.10. The van der Waals surface area contributed by atoms with E-state index in [2.05, 4.69) is 0 Å². The summed E-state index contributed by atoms with van der Waals surface area (Å²) in [7, 11) is 0. The third kappa shape index (κ3) is 1.92. The maximum absolute atomic E-state index is 14.0. The molecule has 0 saturated heterocycles. The molecule has 3 rings (SSSR count). The fourth-order valence-electron chi connectivity index (χ4n) is 2.23. The SMILES string of the molecule is FC1=C(F)c2c(cc(-c3ccc(F)c(F)c3F)c(F)c2F)[CH]1. The van der Waals surface area contributed by atoms with Crippen LogP contribution in [0.2, 0.25) is 0 Å². The van der Waals surface area contributed by atoms with E-state index in [1.165, 1.54) is 0 Å². The summed E-state index contributed by atoms with van der Waals surface area (Å²) < 4.78 is 94.1. The fourth-order valence-corrected chi connectivity index (χ4v) is 2.23. The van der Waals surface area contributed by atoms with Crippen LogP contribution in [-0.2, 0) is 0 Å². The molecule has 0 aliphatic heterocycles. The maximum Gasteiger partial charge on any atom is 0.195 e. The molecule has 0 amide bonds. The smallest absolute Gasteiger partial charge is 0.195 e. The van der Waals surface area contributed by atoms with Crippen molar-refractivity contribution in [3.8, 4) is 11.1 Å². The molecule has 0 bridgehead atoms. The van der Waals surface area contributed by atoms with Gasteiger partial charge in [-0.2, -0.15) is 0 Å². The number of hydrogen-bond donors (Lipinski definition) is 0. The van der Waals surface area contributed by atoms with Crippen LogP contribution in [-0.4, -0.2) is 0 Å². The van der Waals surface area contributed by atoms with Crippen molar-refractivity contribution in [3.63, 3.8) is 0 Å². The van der Waals surface area contributed by atoms with Crippen LogP contribution in [0.1, 0.15) is 11.1 Å². The first kappa shape index (κ1) is 14.6. The Hall–Kier alpha value is -2.31. The lowest BCUT2D eigenvalue weighted by atomic mass is 9.98. The third-order valence-electron chi connectivity index (χ3n) is 3.27. The Morgan fingerprint density at radius 3 is 1.95 bits per heavy atom. The van der Waals surface area contributed by atoms with Gasteiger partial charge in [0.1, 0.15) is 5.83 Å². The molecule has 0 saturated carbocycles. The normalized spacial score (nSPS) is 13.8. The lowest BCUT2D eigenvalue weighted by molar-refractivity contribution is 0.448. The predicted octanol–water partition coefficient (Wildman–Crippen LogP) is 5.22. The molecular weight excluding hydrogens is 313 g/mol. The summed E-state index contributed by atoms with van der Waals surface area (Å²) >= 11 is 0. The summed E-state index contributed by atoms with van der Waals surface area (Å²) in [5.41, 5.74) is -2.83. The van der Waals surface area contributed by atoms with Gasteiger partial charge in [-0.3, -0.25) is 0 Å². The minimum atomic E-state index is -1.86. The van der Waals surface area contributed by atoms with Gasteiger partial charge in [-0.05, 0) is 23.8 Å². The highest BCUT2D eigenvalue weighted by Gasteiger charge is 2.31. The van der Waals surface area contributed by atoms with Gasteiger partial charge in [0.25, 0.3) is 0 Å². The molecule has 22 heavy (non-hydrogen) atoms. The van der Waals surface area contributed by atoms with Gasteiger partial charge in [0, 0.05) is 11.1 Å². The fraction of sp³-hybridized carbons (Fsp3) is 0. The molecule has 0 atom stereocenters. The van der Waals surface area contributed by atoms with E-state index in [-0.39, 0.29) is 5.56 Å². The molecule has 2 aromatic carbocycles. The van der Waals surface area contributed by atoms with E-state index < -0.39 is 57.4 Å². The molecule has 0 fully saturated rings. The van der Waals surface area contributed by atoms with Crippen molar-refractivity contribution in [1.82, 2.24) is 0 Å². The Morgan fingerprint density at radius 2 is 1.27 bits per heavy atom. The van der Waals surface area contributed by atoms with Crippen molar-refractivity contribution in [1.29, 1.82) is 0 Å². The number of halogens is 7. The van der Waals surface area contributed by atoms with Crippen LogP contribution in [0, 0.1) is 35.5 Å². The van der Waals surface area contributed by atoms with Gasteiger partial charge >= 0.3 is 0 Å². The molecule has 1 aliphatic carbocycles. The van der Waals surface area contributed by atoms with Gasteiger partial charge in [-0.25, -0.2) is 30.7 Å². The van der Waals surface area contributed by atoms with E-state index in [9.17, 15) is 30.7 Å². The zero-order chi connectivity index (χ0) is 16.2. The summed E-state index contributed by atoms with van der Waals surface area (Å²) in [5.74, 6) is -11.5. The Labute approximate surface area is 119 Å². The number of hydrogen-bond acceptors (Lipinski definition) is 0. The van der Waals surface area contributed by atoms with Crippen LogP contribution in [0.4, 0.5) is 30.7 Å². The van der Waals surface area contributed by atoms with E-state index >= 15 is 0 Å². The van der Waals surface area contributed by atoms with Gasteiger partial charge < -0.3 is 0 Å². The average molecular weight is 317 g/mol. The molecule has 0 aromatic heterocycles. The highest BCUT2D eigenvalue weighted by Crippen LogP contribution is 2.42. The minimum Gasteiger partial charge on any atom is -0.208 e. The van der Waals surface area contributed by atoms with Crippen molar-refractivity contribution < 1.29 is 30.7 Å². The van der Waals surface area contributed by atoms with Crippen LogP contribution in [0.5, 0.6) is 0 Å². The zero-order valence-electron chi connectivity index (χ0n) is 10.5. The molecule has 0 spiro atoms. The van der Waals surface area contributed by atoms with Gasteiger partial charge in [0.05, 0.1) is 12.0 Å². The van der Waals surface area contributed by atoms with Crippen LogP contribution >= 0.6 is 0 Å². The van der Waals surface area contributed by atoms with Crippen molar-refractivity contribution in [2.45, 2.75) is 0 Å². The van der Waals surface area contributed by atoms with Gasteiger partial charge in [-0.15, -0.1) is 0 Å². The Kier molecular flexibility index (Phi) is 3.23. The second kappa shape index (κ2) is 4.86. The predicted molar refractivity (Wildman–Crippen MR) is 64.2 cm³/mol. The van der Waals surface area contributed by atoms with Crippen LogP contribution < -0.4 is 0 Å². The highest BCUT2D eigenvalue weighted by molar-refractivity contribution is 5.79. The topological polar surface area (TPSA) is 0 Å². The number of fused-ring (bicyclic) bond motifs is 1. The van der Waals surface area contributed by atoms with Crippen LogP contribution in [0.25, 0.3) is 17.0 Å². The zero-order valence-corrected chi connectivity index (χ0v) is 10.5. The number of benzene rings is 2. The van der Waals surface area contributed by atoms with E-state index in [0.717, 1.165) is 6.07 Å². The van der Waals surface area contributed by atoms with E-state index in [1.807, 2.05) is 0 Å². The molecule has 7 heteroatoms. The second-order valence-corrected chi connectivity index (χ2v) is 4.55. The van der Waals surface area contributed by atoms with Crippen molar-refractivity contribution in [2.75, 3.05) is 0 Å². The Balaban J connectivity index is 2.27. The summed E-state index contributed by atoms with van der Waals surface area (Å²) in [4.78, 5) is 0. The minimum absolute atomic E-state index is 0.368. The standard InChI is InChI=1S/C15H4F7/c16-8-2-1-6(11(18)14(8)21)7-3-5-4-9(17)13(20)10(5)15(22)12(7)19/h1-4H. The van der Waals surface area contributed by atoms with E-state index in [0.29, 0.717) is 18.6 Å². The molecule has 1 aliphatic rings. The summed E-state index contributed by atoms with van der Waals surface area (Å²) in [6, 6.07) is 1.99. The van der Waals surface area contributed by atoms with Crippen molar-refractivity contribution in [2.24, 2.45) is 0 Å². The lowest BCUT2D eigenvalue weighted by Crippen LogP contribution is -2.01. The number of allylic oxidation sites excluding steroid dienone is 1. The molecule has 113 valence electrons. The molecule has 0 unspecified atom stereocenters. The Morgan fingerprint density at radius 1 is 0.636 bits per heavy atom. The van der Waals surface area contributed by atoms with Crippen molar-refractivity contribution >= 4 is 5.83 Å². The molecule has 2 aromatic rings. The van der Waals surface area contributed by atoms with Gasteiger partial charge in [-0.1, -0.05) is 0 Å². The first-order chi connectivity index (χ1) is 10.3. The van der Waals surface area contributed by atoms with E-state index in [1.54, 1.807) is 0 Å². The van der Waals surface area contributed by atoms with Crippen LogP contribution in [0.15, 0.2) is 24.0 Å². The largest absolute Gasteiger partial charge is 0.208 e. The maximum atomic E-state index is 14.0. The monoisotopic (exact) mass is 317 g/mol. The molecular formula is C15H4F7. The highest BCUT2D eigenvalue weighted by atomic mass is 19.2. The van der Waals surface area contributed by atoms with Gasteiger partial charge in [0.2, 0.25) is 0 Å². The Bertz CT molecular complexity index is 837. The first-order valence-corrected chi connectivity index (χ1v) is 5.89. The summed E-state index contributed by atoms with van der Waals surface area (Å²) in [6.45, 7) is 0. The average Bonchev–Trinajstić information content (AvgIpc) is 2.76. The summed E-state index contributed by atoms with van der Waals surface area (Å²) in [6.07, 6.45) is 0.592. The van der Waals surface area contributed by atoms with Crippen LogP contribution in [0.3, 0.4) is 0 Å². The molecule has 0 heterocycles. The molecule has 0 N–H and O–H groups in total. The van der Waals surface area contributed by atoms with Gasteiger partial charge in [0.15, 0.2) is 34.9 Å². The van der Waals surface area contributed by atoms with E-state index in [4.69, 9.17) is 0 Å². The second-order valence-electron chi connectivity index (χ2n) is 4.55. The molecule has 0 nitrogen and oxygen atoms in total. The van der Waals surface area contributed by atoms with Crippen molar-refractivity contribution in [3.05, 3.63) is 70.7 Å². The third-order valence-corrected chi connectivity index (χ3v) is 3.27. The first-order valence-electron chi connectivity index (χ1n) is 5.89. The quantitative estimate of drug-likeness (QED) is 0.499. The summed E-state index contributed by atoms with van der Waals surface area (Å²) in [5, 5.41) is 0. The number of rotatable bonds is 1.